The highest BCUT2D eigenvalue weighted by Gasteiger charge is 2.27. The zero-order chi connectivity index (χ0) is 25.9. The molecule has 2 heterocycles. The van der Waals surface area contributed by atoms with Gasteiger partial charge in [-0.3, -0.25) is 9.69 Å². The number of hydrogen-bond donors (Lipinski definition) is 1. The maximum Gasteiger partial charge on any atom is 0.241 e. The predicted molar refractivity (Wildman–Crippen MR) is 138 cm³/mol. The van der Waals surface area contributed by atoms with Crippen molar-refractivity contribution in [2.24, 2.45) is 5.92 Å². The van der Waals surface area contributed by atoms with Crippen LogP contribution in [-0.2, 0) is 21.2 Å². The highest BCUT2D eigenvalue weighted by Crippen LogP contribution is 2.29. The van der Waals surface area contributed by atoms with E-state index in [9.17, 15) is 13.2 Å². The molecule has 0 spiro atoms. The van der Waals surface area contributed by atoms with E-state index in [-0.39, 0.29) is 22.8 Å². The molecule has 1 aliphatic rings. The highest BCUT2D eigenvalue weighted by atomic mass is 35.5. The van der Waals surface area contributed by atoms with Gasteiger partial charge in [0, 0.05) is 22.8 Å². The first-order chi connectivity index (χ1) is 17.1. The predicted octanol–water partition coefficient (Wildman–Crippen LogP) is 4.93. The Morgan fingerprint density at radius 2 is 1.86 bits per heavy atom. The van der Waals surface area contributed by atoms with Crippen LogP contribution in [0, 0.1) is 5.92 Å². The summed E-state index contributed by atoms with van der Waals surface area (Å²) in [5.74, 6) is 0.835. The molecule has 1 aliphatic heterocycles. The second-order valence-electron chi connectivity index (χ2n) is 9.00. The Hall–Kier alpha value is -2.46. The van der Waals surface area contributed by atoms with Gasteiger partial charge in [-0.2, -0.15) is 4.98 Å². The van der Waals surface area contributed by atoms with E-state index in [0.717, 1.165) is 31.5 Å². The molecule has 0 aliphatic carbocycles. The maximum absolute atomic E-state index is 13.0. The van der Waals surface area contributed by atoms with Gasteiger partial charge in [0.05, 0.1) is 22.5 Å². The maximum atomic E-state index is 13.0. The van der Waals surface area contributed by atoms with Crippen LogP contribution in [0.1, 0.15) is 43.7 Å². The number of hydrogen-bond acceptors (Lipinski definition) is 7. The molecular weight excluding hydrogens is 523 g/mol. The van der Waals surface area contributed by atoms with Crippen molar-refractivity contribution in [1.82, 2.24) is 20.4 Å². The van der Waals surface area contributed by atoms with Crippen molar-refractivity contribution in [2.75, 3.05) is 19.3 Å². The lowest BCUT2D eigenvalue weighted by atomic mass is 9.94. The smallest absolute Gasteiger partial charge is 0.241 e. The van der Waals surface area contributed by atoms with Gasteiger partial charge in [-0.25, -0.2) is 8.42 Å². The van der Waals surface area contributed by atoms with Crippen LogP contribution >= 0.6 is 23.2 Å². The molecule has 1 saturated heterocycles. The summed E-state index contributed by atoms with van der Waals surface area (Å²) in [5, 5.41) is 8.17. The van der Waals surface area contributed by atoms with Crippen LogP contribution in [0.4, 0.5) is 0 Å². The van der Waals surface area contributed by atoms with Crippen molar-refractivity contribution >= 4 is 38.9 Å². The number of sulfone groups is 1. The summed E-state index contributed by atoms with van der Waals surface area (Å²) < 4.78 is 28.8. The van der Waals surface area contributed by atoms with Crippen LogP contribution in [0.25, 0.3) is 11.4 Å². The van der Waals surface area contributed by atoms with Crippen molar-refractivity contribution in [3.8, 4) is 11.4 Å². The zero-order valence-corrected chi connectivity index (χ0v) is 22.4. The third-order valence-electron chi connectivity index (χ3n) is 6.39. The van der Waals surface area contributed by atoms with Crippen LogP contribution in [0.5, 0.6) is 0 Å². The molecule has 8 nitrogen and oxygen atoms in total. The normalized spacial score (nSPS) is 16.1. The van der Waals surface area contributed by atoms with Crippen LogP contribution in [0.3, 0.4) is 0 Å². The van der Waals surface area contributed by atoms with Crippen LogP contribution in [0.2, 0.25) is 10.0 Å². The Bertz CT molecular complexity index is 1320. The quantitative estimate of drug-likeness (QED) is 0.424. The topological polar surface area (TPSA) is 105 Å². The van der Waals surface area contributed by atoms with Crippen molar-refractivity contribution in [3.05, 3.63) is 64.0 Å². The Balaban J connectivity index is 1.30. The fraction of sp³-hybridized carbons (Fsp3) is 0.400. The molecule has 192 valence electrons. The molecule has 1 unspecified atom stereocenters. The number of carbonyl (C=O) groups is 1. The lowest BCUT2D eigenvalue weighted by Gasteiger charge is -2.31. The first kappa shape index (κ1) is 26.6. The zero-order valence-electron chi connectivity index (χ0n) is 20.1. The van der Waals surface area contributed by atoms with Gasteiger partial charge in [0.2, 0.25) is 17.6 Å². The molecule has 0 saturated carbocycles. The molecule has 1 aromatic heterocycles. The van der Waals surface area contributed by atoms with Gasteiger partial charge in [0.1, 0.15) is 0 Å². The molecule has 36 heavy (non-hydrogen) atoms. The summed E-state index contributed by atoms with van der Waals surface area (Å²) in [6, 6.07) is 11.7. The number of rotatable bonds is 8. The number of nitrogens with one attached hydrogen (secondary N) is 1. The van der Waals surface area contributed by atoms with E-state index in [2.05, 4.69) is 20.4 Å². The minimum absolute atomic E-state index is 0.0196. The lowest BCUT2D eigenvalue weighted by molar-refractivity contribution is -0.127. The Kier molecular flexibility index (Phi) is 8.34. The molecule has 2 aromatic carbocycles. The van der Waals surface area contributed by atoms with E-state index in [0.29, 0.717) is 40.3 Å². The summed E-state index contributed by atoms with van der Waals surface area (Å²) >= 11 is 12.2. The molecule has 1 fully saturated rings. The van der Waals surface area contributed by atoms with Gasteiger partial charge in [0.15, 0.2) is 9.84 Å². The minimum atomic E-state index is -3.25. The van der Waals surface area contributed by atoms with Crippen molar-refractivity contribution in [1.29, 1.82) is 0 Å². The fourth-order valence-corrected chi connectivity index (χ4v) is 5.43. The SMILES string of the molecule is CCC(NC(=O)C1CCN(Cc2nc(-c3ccc(Cl)cc3Cl)no2)CC1)c1ccc(S(C)(=O)=O)cc1. The standard InChI is InChI=1S/C25H28Cl2N4O4S/c1-3-22(16-4-7-19(8-5-16)36(2,33)34)28-25(32)17-10-12-31(13-11-17)15-23-29-24(30-35-23)20-9-6-18(26)14-21(20)27/h4-9,14,17,22H,3,10-13,15H2,1-2H3,(H,28,32). The van der Waals surface area contributed by atoms with Gasteiger partial charge in [0.25, 0.3) is 0 Å². The number of carbonyl (C=O) groups excluding carboxylic acids is 1. The van der Waals surface area contributed by atoms with Gasteiger partial charge >= 0.3 is 0 Å². The Morgan fingerprint density at radius 3 is 2.47 bits per heavy atom. The largest absolute Gasteiger partial charge is 0.349 e. The molecule has 0 radical (unpaired) electrons. The van der Waals surface area contributed by atoms with E-state index in [4.69, 9.17) is 27.7 Å². The van der Waals surface area contributed by atoms with E-state index >= 15 is 0 Å². The summed E-state index contributed by atoms with van der Waals surface area (Å²) in [6.45, 7) is 3.96. The first-order valence-corrected chi connectivity index (χ1v) is 14.4. The monoisotopic (exact) mass is 550 g/mol. The molecule has 11 heteroatoms. The van der Waals surface area contributed by atoms with Gasteiger partial charge in [-0.15, -0.1) is 0 Å². The molecule has 0 bridgehead atoms. The van der Waals surface area contributed by atoms with E-state index in [1.807, 2.05) is 6.92 Å². The number of aromatic nitrogens is 2. The average Bonchev–Trinajstić information content (AvgIpc) is 3.30. The molecule has 1 atom stereocenters. The Morgan fingerprint density at radius 1 is 1.17 bits per heavy atom. The first-order valence-electron chi connectivity index (χ1n) is 11.7. The van der Waals surface area contributed by atoms with Crippen LogP contribution < -0.4 is 5.32 Å². The molecular formula is C25H28Cl2N4O4S. The number of halogens is 2. The van der Waals surface area contributed by atoms with Crippen LogP contribution in [-0.4, -0.2) is 48.7 Å². The van der Waals surface area contributed by atoms with Crippen molar-refractivity contribution in [2.45, 2.75) is 43.7 Å². The van der Waals surface area contributed by atoms with E-state index in [1.165, 1.54) is 6.26 Å². The highest BCUT2D eigenvalue weighted by molar-refractivity contribution is 7.90. The van der Waals surface area contributed by atoms with Crippen molar-refractivity contribution < 1.29 is 17.7 Å². The summed E-state index contributed by atoms with van der Waals surface area (Å²) in [4.78, 5) is 19.9. The fourth-order valence-electron chi connectivity index (χ4n) is 4.30. The number of amides is 1. The number of piperidine rings is 1. The van der Waals surface area contributed by atoms with Crippen LogP contribution in [0.15, 0.2) is 51.9 Å². The van der Waals surface area contributed by atoms with E-state index in [1.54, 1.807) is 42.5 Å². The molecule has 1 N–H and O–H groups in total. The second-order valence-corrected chi connectivity index (χ2v) is 11.9. The second kappa shape index (κ2) is 11.3. The number of nitrogens with zero attached hydrogens (tertiary/aromatic N) is 3. The Labute approximate surface area is 220 Å². The molecule has 4 rings (SSSR count). The van der Waals surface area contributed by atoms with E-state index < -0.39 is 9.84 Å². The summed E-state index contributed by atoms with van der Waals surface area (Å²) in [6.07, 6.45) is 3.33. The third-order valence-corrected chi connectivity index (χ3v) is 8.07. The van der Waals surface area contributed by atoms with Gasteiger partial charge in [-0.1, -0.05) is 47.4 Å². The average molecular weight is 551 g/mol. The lowest BCUT2D eigenvalue weighted by Crippen LogP contribution is -2.41. The number of likely N-dealkylation sites (tertiary alicyclic amines) is 1. The van der Waals surface area contributed by atoms with Crippen molar-refractivity contribution in [3.63, 3.8) is 0 Å². The number of benzene rings is 2. The molecule has 1 amide bonds. The van der Waals surface area contributed by atoms with Gasteiger partial charge in [-0.05, 0) is 68.2 Å². The third kappa shape index (κ3) is 6.45. The van der Waals surface area contributed by atoms with Gasteiger partial charge < -0.3 is 9.84 Å². The molecule has 3 aromatic rings. The summed E-state index contributed by atoms with van der Waals surface area (Å²) in [5.41, 5.74) is 1.55. The summed E-state index contributed by atoms with van der Waals surface area (Å²) in [7, 11) is -3.25. The minimum Gasteiger partial charge on any atom is -0.349 e.